The Morgan fingerprint density at radius 1 is 0.871 bits per heavy atom. The Morgan fingerprint density at radius 3 is 2.19 bits per heavy atom. The second-order valence-corrected chi connectivity index (χ2v) is 10.3. The number of benzene rings is 3. The predicted octanol–water partition coefficient (Wildman–Crippen LogP) is 4.65. The molecule has 3 aromatic carbocycles. The summed E-state index contributed by atoms with van der Waals surface area (Å²) in [5.74, 6) is 0.552. The fraction of sp³-hybridized carbons (Fsp3) is 0.143. The summed E-state index contributed by atoms with van der Waals surface area (Å²) in [7, 11) is -7.93. The lowest BCUT2D eigenvalue weighted by atomic mass is 10.2. The van der Waals surface area contributed by atoms with Crippen molar-refractivity contribution >= 4 is 43.0 Å². The zero-order valence-electron chi connectivity index (χ0n) is 16.8. The molecule has 0 bridgehead atoms. The van der Waals surface area contributed by atoms with Crippen LogP contribution in [0.15, 0.2) is 76.5 Å². The Bertz CT molecular complexity index is 1290. The van der Waals surface area contributed by atoms with Crippen LogP contribution in [0.1, 0.15) is 12.5 Å². The standard InChI is InChI=1S/C21H21ClN2O5S2/c1-3-29-17-10-12-18(13-11-17)30(25,26)23-16-9-8-15(2)21(14-16)31(27,28)24-20-7-5-4-6-19(20)22/h4-14,23-24H,3H2,1-2H3. The van der Waals surface area contributed by atoms with Gasteiger partial charge in [-0.05, 0) is 67.9 Å². The van der Waals surface area contributed by atoms with Crippen LogP contribution in [0.3, 0.4) is 0 Å². The molecule has 0 unspecified atom stereocenters. The van der Waals surface area contributed by atoms with Gasteiger partial charge in [0.25, 0.3) is 20.0 Å². The number of sulfonamides is 2. The quantitative estimate of drug-likeness (QED) is 0.488. The highest BCUT2D eigenvalue weighted by Gasteiger charge is 2.21. The van der Waals surface area contributed by atoms with Crippen molar-refractivity contribution in [1.29, 1.82) is 0 Å². The molecular formula is C21H21ClN2O5S2. The zero-order valence-corrected chi connectivity index (χ0v) is 19.2. The second-order valence-electron chi connectivity index (χ2n) is 6.58. The van der Waals surface area contributed by atoms with Crippen molar-refractivity contribution in [3.05, 3.63) is 77.3 Å². The smallest absolute Gasteiger partial charge is 0.262 e. The van der Waals surface area contributed by atoms with Crippen LogP contribution < -0.4 is 14.2 Å². The van der Waals surface area contributed by atoms with Crippen LogP contribution in [0.4, 0.5) is 11.4 Å². The van der Waals surface area contributed by atoms with Crippen LogP contribution in [0.5, 0.6) is 5.75 Å². The number of ether oxygens (including phenoxy) is 1. The van der Waals surface area contributed by atoms with Gasteiger partial charge >= 0.3 is 0 Å². The van der Waals surface area contributed by atoms with Gasteiger partial charge in [0.1, 0.15) is 5.75 Å². The van der Waals surface area contributed by atoms with Crippen molar-refractivity contribution in [1.82, 2.24) is 0 Å². The Balaban J connectivity index is 1.89. The van der Waals surface area contributed by atoms with E-state index in [0.717, 1.165) is 0 Å². The molecule has 0 aliphatic heterocycles. The van der Waals surface area contributed by atoms with Gasteiger partial charge in [-0.15, -0.1) is 0 Å². The summed E-state index contributed by atoms with van der Waals surface area (Å²) in [6.07, 6.45) is 0. The summed E-state index contributed by atoms with van der Waals surface area (Å²) in [4.78, 5) is -0.0468. The first-order chi connectivity index (χ1) is 14.6. The molecule has 0 saturated heterocycles. The van der Waals surface area contributed by atoms with Gasteiger partial charge in [-0.3, -0.25) is 9.44 Å². The lowest BCUT2D eigenvalue weighted by Gasteiger charge is -2.14. The van der Waals surface area contributed by atoms with Gasteiger partial charge in [-0.25, -0.2) is 16.8 Å². The molecule has 0 atom stereocenters. The van der Waals surface area contributed by atoms with Crippen LogP contribution >= 0.6 is 11.6 Å². The fourth-order valence-corrected chi connectivity index (χ4v) is 5.43. The molecule has 3 aromatic rings. The first-order valence-corrected chi connectivity index (χ1v) is 12.6. The molecule has 0 fully saturated rings. The minimum atomic E-state index is -4.01. The average molecular weight is 481 g/mol. The number of aryl methyl sites for hydroxylation is 1. The van der Waals surface area contributed by atoms with Crippen molar-refractivity contribution < 1.29 is 21.6 Å². The van der Waals surface area contributed by atoms with Crippen LogP contribution in [0, 0.1) is 6.92 Å². The first kappa shape index (κ1) is 22.9. The molecule has 2 N–H and O–H groups in total. The Morgan fingerprint density at radius 2 is 1.55 bits per heavy atom. The minimum Gasteiger partial charge on any atom is -0.494 e. The van der Waals surface area contributed by atoms with E-state index in [-0.39, 0.29) is 26.2 Å². The molecule has 0 saturated carbocycles. The molecule has 10 heteroatoms. The second kappa shape index (κ2) is 9.17. The van der Waals surface area contributed by atoms with Crippen LogP contribution in [-0.4, -0.2) is 23.4 Å². The molecule has 0 aliphatic carbocycles. The Labute approximate surface area is 187 Å². The van der Waals surface area contributed by atoms with E-state index >= 15 is 0 Å². The van der Waals surface area contributed by atoms with Gasteiger partial charge in [0, 0.05) is 0 Å². The van der Waals surface area contributed by atoms with E-state index in [0.29, 0.717) is 17.9 Å². The van der Waals surface area contributed by atoms with Gasteiger partial charge < -0.3 is 4.74 Å². The summed E-state index contributed by atoms with van der Waals surface area (Å²) < 4.78 is 61.4. The maximum Gasteiger partial charge on any atom is 0.262 e. The van der Waals surface area contributed by atoms with E-state index in [1.807, 2.05) is 6.92 Å². The van der Waals surface area contributed by atoms with E-state index in [4.69, 9.17) is 16.3 Å². The van der Waals surface area contributed by atoms with Crippen molar-refractivity contribution in [3.8, 4) is 5.75 Å². The maximum atomic E-state index is 12.9. The third-order valence-electron chi connectivity index (χ3n) is 4.29. The van der Waals surface area contributed by atoms with Crippen molar-refractivity contribution in [2.75, 3.05) is 16.1 Å². The summed E-state index contributed by atoms with van der Waals surface area (Å²) in [6.45, 7) is 3.91. The number of para-hydroxylation sites is 1. The minimum absolute atomic E-state index is 0.0233. The molecule has 3 rings (SSSR count). The first-order valence-electron chi connectivity index (χ1n) is 9.26. The number of halogens is 1. The van der Waals surface area contributed by atoms with E-state index in [2.05, 4.69) is 9.44 Å². The number of nitrogens with one attached hydrogen (secondary N) is 2. The maximum absolute atomic E-state index is 12.9. The third-order valence-corrected chi connectivity index (χ3v) is 7.53. The number of hydrogen-bond donors (Lipinski definition) is 2. The molecule has 0 amide bonds. The number of rotatable bonds is 8. The van der Waals surface area contributed by atoms with E-state index in [1.165, 1.54) is 36.4 Å². The summed E-state index contributed by atoms with van der Waals surface area (Å²) in [6, 6.07) is 16.7. The molecule has 0 aromatic heterocycles. The Hall–Kier alpha value is -2.75. The van der Waals surface area contributed by atoms with E-state index in [1.54, 1.807) is 37.3 Å². The Kier molecular flexibility index (Phi) is 6.78. The van der Waals surface area contributed by atoms with E-state index < -0.39 is 20.0 Å². The summed E-state index contributed by atoms with van der Waals surface area (Å²) in [5.41, 5.74) is 0.784. The number of anilines is 2. The largest absolute Gasteiger partial charge is 0.494 e. The molecule has 0 aliphatic rings. The molecule has 0 spiro atoms. The van der Waals surface area contributed by atoms with Gasteiger partial charge in [0.2, 0.25) is 0 Å². The topological polar surface area (TPSA) is 102 Å². The third kappa shape index (κ3) is 5.49. The lowest BCUT2D eigenvalue weighted by molar-refractivity contribution is 0.340. The van der Waals surface area contributed by atoms with Crippen molar-refractivity contribution in [3.63, 3.8) is 0 Å². The van der Waals surface area contributed by atoms with Crippen molar-refractivity contribution in [2.45, 2.75) is 23.6 Å². The summed E-state index contributed by atoms with van der Waals surface area (Å²) >= 11 is 6.05. The SMILES string of the molecule is CCOc1ccc(S(=O)(=O)Nc2ccc(C)c(S(=O)(=O)Nc3ccccc3Cl)c2)cc1. The highest BCUT2D eigenvalue weighted by Crippen LogP contribution is 2.28. The van der Waals surface area contributed by atoms with Gasteiger partial charge in [0.05, 0.1) is 32.8 Å². The normalized spacial score (nSPS) is 11.7. The van der Waals surface area contributed by atoms with Crippen LogP contribution in [0.2, 0.25) is 5.02 Å². The van der Waals surface area contributed by atoms with Gasteiger partial charge in [-0.2, -0.15) is 0 Å². The monoisotopic (exact) mass is 480 g/mol. The van der Waals surface area contributed by atoms with Crippen LogP contribution in [0.25, 0.3) is 0 Å². The van der Waals surface area contributed by atoms with Gasteiger partial charge in [0.15, 0.2) is 0 Å². The zero-order chi connectivity index (χ0) is 22.6. The number of hydrogen-bond acceptors (Lipinski definition) is 5. The average Bonchev–Trinajstić information content (AvgIpc) is 2.71. The van der Waals surface area contributed by atoms with E-state index in [9.17, 15) is 16.8 Å². The van der Waals surface area contributed by atoms with Gasteiger partial charge in [-0.1, -0.05) is 29.8 Å². The lowest BCUT2D eigenvalue weighted by Crippen LogP contribution is -2.16. The highest BCUT2D eigenvalue weighted by molar-refractivity contribution is 7.93. The predicted molar refractivity (Wildman–Crippen MR) is 122 cm³/mol. The molecule has 0 radical (unpaired) electrons. The summed E-state index contributed by atoms with van der Waals surface area (Å²) in [5, 5.41) is 0.246. The van der Waals surface area contributed by atoms with Crippen LogP contribution in [-0.2, 0) is 20.0 Å². The molecular weight excluding hydrogens is 460 g/mol. The molecule has 7 nitrogen and oxygen atoms in total. The van der Waals surface area contributed by atoms with Crippen molar-refractivity contribution in [2.24, 2.45) is 0 Å². The molecule has 0 heterocycles. The molecule has 31 heavy (non-hydrogen) atoms. The fourth-order valence-electron chi connectivity index (χ4n) is 2.79. The molecule has 164 valence electrons. The highest BCUT2D eigenvalue weighted by atomic mass is 35.5.